The van der Waals surface area contributed by atoms with E-state index in [0.717, 1.165) is 10.9 Å². The van der Waals surface area contributed by atoms with Gasteiger partial charge in [-0.1, -0.05) is 31.5 Å². The quantitative estimate of drug-likeness (QED) is 0.800. The van der Waals surface area contributed by atoms with Gasteiger partial charge < -0.3 is 9.64 Å². The van der Waals surface area contributed by atoms with Gasteiger partial charge in [0.25, 0.3) is 0 Å². The minimum atomic E-state index is -0.432. The molecule has 0 fully saturated rings. The van der Waals surface area contributed by atoms with Gasteiger partial charge in [0, 0.05) is 18.1 Å². The molecule has 0 radical (unpaired) electrons. The first-order valence-corrected chi connectivity index (χ1v) is 7.73. The van der Waals surface area contributed by atoms with Gasteiger partial charge in [0.05, 0.1) is 10.5 Å². The number of fused-ring (bicyclic) bond motifs is 1. The van der Waals surface area contributed by atoms with Crippen LogP contribution in [0.1, 0.15) is 29.8 Å². The minimum Gasteiger partial charge on any atom is -0.461 e. The van der Waals surface area contributed by atoms with E-state index in [1.807, 2.05) is 51.9 Å². The zero-order valence-electron chi connectivity index (χ0n) is 13.8. The second kappa shape index (κ2) is 8.71. The molecule has 0 aliphatic heterocycles. The maximum atomic E-state index is 12.2. The lowest BCUT2D eigenvalue weighted by molar-refractivity contribution is 0.0484. The molecule has 0 saturated carbocycles. The van der Waals surface area contributed by atoms with E-state index in [1.54, 1.807) is 12.3 Å². The van der Waals surface area contributed by atoms with E-state index >= 15 is 0 Å². The SMILES string of the molecule is CC.Cc1cnc2c(C(=O)OCCN(C)C)c(Cl)ccc2c1. The fraction of sp³-hybridized carbons (Fsp3) is 0.412. The third kappa shape index (κ3) is 4.68. The van der Waals surface area contributed by atoms with Crippen molar-refractivity contribution in [3.8, 4) is 0 Å². The lowest BCUT2D eigenvalue weighted by Crippen LogP contribution is -2.20. The number of aromatic nitrogens is 1. The Balaban J connectivity index is 0.00000116. The number of nitrogens with zero attached hydrogens (tertiary/aromatic N) is 2. The fourth-order valence-electron chi connectivity index (χ4n) is 1.87. The molecule has 2 rings (SSSR count). The van der Waals surface area contributed by atoms with Crippen molar-refractivity contribution >= 4 is 28.5 Å². The molecule has 2 aromatic rings. The molecule has 1 aromatic heterocycles. The third-order valence-electron chi connectivity index (χ3n) is 2.91. The molecule has 22 heavy (non-hydrogen) atoms. The Bertz CT molecular complexity index is 642. The molecule has 0 unspecified atom stereocenters. The molecule has 0 aliphatic rings. The summed E-state index contributed by atoms with van der Waals surface area (Å²) in [5.74, 6) is -0.432. The van der Waals surface area contributed by atoms with E-state index in [0.29, 0.717) is 29.3 Å². The van der Waals surface area contributed by atoms with Gasteiger partial charge in [-0.2, -0.15) is 0 Å². The maximum absolute atomic E-state index is 12.2. The molecule has 0 bridgehead atoms. The summed E-state index contributed by atoms with van der Waals surface area (Å²) < 4.78 is 5.25. The highest BCUT2D eigenvalue weighted by molar-refractivity contribution is 6.35. The van der Waals surface area contributed by atoms with Gasteiger partial charge in [0.15, 0.2) is 0 Å². The Hall–Kier alpha value is -1.65. The number of pyridine rings is 1. The van der Waals surface area contributed by atoms with Crippen molar-refractivity contribution in [3.63, 3.8) is 0 Å². The number of ether oxygens (including phenoxy) is 1. The molecule has 0 N–H and O–H groups in total. The molecule has 0 aliphatic carbocycles. The second-order valence-corrected chi connectivity index (χ2v) is 5.35. The fourth-order valence-corrected chi connectivity index (χ4v) is 2.10. The molecule has 1 aromatic carbocycles. The lowest BCUT2D eigenvalue weighted by Gasteiger charge is -2.11. The highest BCUT2D eigenvalue weighted by Crippen LogP contribution is 2.25. The molecule has 0 saturated heterocycles. The highest BCUT2D eigenvalue weighted by atomic mass is 35.5. The van der Waals surface area contributed by atoms with Crippen LogP contribution in [0.2, 0.25) is 5.02 Å². The van der Waals surface area contributed by atoms with Gasteiger partial charge in [-0.3, -0.25) is 4.98 Å². The Morgan fingerprint density at radius 2 is 2.00 bits per heavy atom. The zero-order chi connectivity index (χ0) is 16.7. The Kier molecular flexibility index (Phi) is 7.28. The topological polar surface area (TPSA) is 42.4 Å². The summed E-state index contributed by atoms with van der Waals surface area (Å²) in [5.41, 5.74) is 1.95. The van der Waals surface area contributed by atoms with Crippen molar-refractivity contribution in [2.45, 2.75) is 20.8 Å². The van der Waals surface area contributed by atoms with Crippen LogP contribution in [0.15, 0.2) is 24.4 Å². The first-order valence-electron chi connectivity index (χ1n) is 7.36. The van der Waals surface area contributed by atoms with Crippen LogP contribution in [0, 0.1) is 6.92 Å². The van der Waals surface area contributed by atoms with Crippen molar-refractivity contribution in [3.05, 3.63) is 40.5 Å². The maximum Gasteiger partial charge on any atom is 0.341 e. The predicted molar refractivity (Wildman–Crippen MR) is 91.7 cm³/mol. The number of rotatable bonds is 4. The summed E-state index contributed by atoms with van der Waals surface area (Å²) in [6.45, 7) is 6.95. The van der Waals surface area contributed by atoms with Crippen LogP contribution < -0.4 is 0 Å². The standard InChI is InChI=1S/C15H17ClN2O2.C2H6/c1-10-8-11-4-5-12(16)13(14(11)17-9-10)15(19)20-7-6-18(2)3;1-2/h4-5,8-9H,6-7H2,1-3H3;1-2H3. The summed E-state index contributed by atoms with van der Waals surface area (Å²) in [7, 11) is 3.84. The second-order valence-electron chi connectivity index (χ2n) is 4.95. The molecular formula is C17H23ClN2O2. The average Bonchev–Trinajstić information content (AvgIpc) is 2.49. The van der Waals surface area contributed by atoms with E-state index < -0.39 is 5.97 Å². The van der Waals surface area contributed by atoms with E-state index in [2.05, 4.69) is 4.98 Å². The largest absolute Gasteiger partial charge is 0.461 e. The number of carbonyl (C=O) groups is 1. The van der Waals surface area contributed by atoms with E-state index in [-0.39, 0.29) is 0 Å². The summed E-state index contributed by atoms with van der Waals surface area (Å²) in [6.07, 6.45) is 1.72. The van der Waals surface area contributed by atoms with Crippen LogP contribution in [0.25, 0.3) is 10.9 Å². The van der Waals surface area contributed by atoms with Crippen LogP contribution in [0.3, 0.4) is 0 Å². The Morgan fingerprint density at radius 3 is 2.64 bits per heavy atom. The monoisotopic (exact) mass is 322 g/mol. The first kappa shape index (κ1) is 18.4. The number of benzene rings is 1. The third-order valence-corrected chi connectivity index (χ3v) is 3.23. The minimum absolute atomic E-state index is 0.324. The predicted octanol–water partition coefficient (Wildman–Crippen LogP) is 3.94. The Morgan fingerprint density at radius 1 is 1.32 bits per heavy atom. The van der Waals surface area contributed by atoms with Gasteiger partial charge in [-0.15, -0.1) is 0 Å². The van der Waals surface area contributed by atoms with Crippen molar-refractivity contribution < 1.29 is 9.53 Å². The van der Waals surface area contributed by atoms with Crippen molar-refractivity contribution in [1.29, 1.82) is 0 Å². The molecule has 0 amide bonds. The van der Waals surface area contributed by atoms with Gasteiger partial charge in [-0.05, 0) is 38.7 Å². The first-order chi connectivity index (χ1) is 10.5. The van der Waals surface area contributed by atoms with Crippen LogP contribution >= 0.6 is 11.6 Å². The van der Waals surface area contributed by atoms with E-state index in [1.165, 1.54) is 0 Å². The molecule has 1 heterocycles. The summed E-state index contributed by atoms with van der Waals surface area (Å²) in [4.78, 5) is 18.4. The van der Waals surface area contributed by atoms with Gasteiger partial charge in [0.2, 0.25) is 0 Å². The van der Waals surface area contributed by atoms with Crippen LogP contribution in [0.4, 0.5) is 0 Å². The average molecular weight is 323 g/mol. The van der Waals surface area contributed by atoms with Crippen LogP contribution in [-0.2, 0) is 4.74 Å². The van der Waals surface area contributed by atoms with Crippen molar-refractivity contribution in [1.82, 2.24) is 9.88 Å². The molecular weight excluding hydrogens is 300 g/mol. The lowest BCUT2D eigenvalue weighted by atomic mass is 10.1. The number of halogens is 1. The van der Waals surface area contributed by atoms with Gasteiger partial charge in [0.1, 0.15) is 12.2 Å². The highest BCUT2D eigenvalue weighted by Gasteiger charge is 2.17. The summed E-state index contributed by atoms with van der Waals surface area (Å²) >= 11 is 6.13. The number of aryl methyl sites for hydroxylation is 1. The Labute approximate surface area is 137 Å². The normalized spacial score (nSPS) is 10.3. The number of likely N-dealkylation sites (N-methyl/N-ethyl adjacent to an activating group) is 1. The van der Waals surface area contributed by atoms with Crippen molar-refractivity contribution in [2.24, 2.45) is 0 Å². The van der Waals surface area contributed by atoms with Gasteiger partial charge in [-0.25, -0.2) is 4.79 Å². The summed E-state index contributed by atoms with van der Waals surface area (Å²) in [5, 5.41) is 1.25. The van der Waals surface area contributed by atoms with E-state index in [4.69, 9.17) is 16.3 Å². The molecule has 4 nitrogen and oxygen atoms in total. The molecule has 120 valence electrons. The molecule has 0 atom stereocenters. The number of carbonyl (C=O) groups excluding carboxylic acids is 1. The van der Waals surface area contributed by atoms with Crippen molar-refractivity contribution in [2.75, 3.05) is 27.2 Å². The molecule has 5 heteroatoms. The van der Waals surface area contributed by atoms with Crippen LogP contribution in [-0.4, -0.2) is 43.1 Å². The van der Waals surface area contributed by atoms with E-state index in [9.17, 15) is 4.79 Å². The molecule has 0 spiro atoms. The zero-order valence-corrected chi connectivity index (χ0v) is 14.6. The number of hydrogen-bond donors (Lipinski definition) is 0. The van der Waals surface area contributed by atoms with Crippen LogP contribution in [0.5, 0.6) is 0 Å². The smallest absolute Gasteiger partial charge is 0.341 e. The van der Waals surface area contributed by atoms with Gasteiger partial charge >= 0.3 is 5.97 Å². The number of esters is 1. The summed E-state index contributed by atoms with van der Waals surface area (Å²) in [6, 6.07) is 5.52. The number of hydrogen-bond acceptors (Lipinski definition) is 4.